The molecule has 0 aliphatic carbocycles. The van der Waals surface area contributed by atoms with Crippen LogP contribution in [-0.2, 0) is 6.54 Å². The third kappa shape index (κ3) is 1.66. The maximum Gasteiger partial charge on any atom is 0.248 e. The van der Waals surface area contributed by atoms with E-state index in [1.54, 1.807) is 6.07 Å². The lowest BCUT2D eigenvalue weighted by Gasteiger charge is -2.07. The Hall–Kier alpha value is -1.61. The molecule has 3 N–H and O–H groups in total. The average molecular weight is 202 g/mol. The highest BCUT2D eigenvalue weighted by molar-refractivity contribution is 5.83. The molecular formula is C12H14N2O. The second kappa shape index (κ2) is 3.51. The number of pyridine rings is 1. The van der Waals surface area contributed by atoms with Crippen LogP contribution in [0.5, 0.6) is 0 Å². The molecule has 1 heterocycles. The minimum atomic E-state index is -0.0915. The van der Waals surface area contributed by atoms with Crippen LogP contribution in [0.1, 0.15) is 16.7 Å². The summed E-state index contributed by atoms with van der Waals surface area (Å²) in [5.41, 5.74) is 9.68. The summed E-state index contributed by atoms with van der Waals surface area (Å²) in [7, 11) is 0. The molecule has 0 radical (unpaired) electrons. The van der Waals surface area contributed by atoms with E-state index in [-0.39, 0.29) is 5.56 Å². The second-order valence-corrected chi connectivity index (χ2v) is 3.85. The molecule has 1 aromatic heterocycles. The standard InChI is InChI=1S/C12H14N2O/c1-7-3-10-9(6-13)5-12(15)14-11(10)4-8(7)2/h3-5H,6,13H2,1-2H3,(H,14,15). The van der Waals surface area contributed by atoms with E-state index < -0.39 is 0 Å². The minimum absolute atomic E-state index is 0.0915. The van der Waals surface area contributed by atoms with Gasteiger partial charge in [-0.1, -0.05) is 0 Å². The molecule has 78 valence electrons. The first-order valence-electron chi connectivity index (χ1n) is 4.95. The Labute approximate surface area is 87.9 Å². The van der Waals surface area contributed by atoms with Crippen LogP contribution < -0.4 is 11.3 Å². The number of hydrogen-bond donors (Lipinski definition) is 2. The van der Waals surface area contributed by atoms with Gasteiger partial charge in [-0.05, 0) is 42.7 Å². The van der Waals surface area contributed by atoms with E-state index in [9.17, 15) is 4.79 Å². The van der Waals surface area contributed by atoms with Gasteiger partial charge in [0.1, 0.15) is 0 Å². The summed E-state index contributed by atoms with van der Waals surface area (Å²) in [6.45, 7) is 4.48. The topological polar surface area (TPSA) is 58.9 Å². The molecule has 0 fully saturated rings. The number of nitrogens with two attached hydrogens (primary N) is 1. The van der Waals surface area contributed by atoms with Gasteiger partial charge >= 0.3 is 0 Å². The number of nitrogens with one attached hydrogen (secondary N) is 1. The van der Waals surface area contributed by atoms with Gasteiger partial charge in [-0.2, -0.15) is 0 Å². The third-order valence-corrected chi connectivity index (χ3v) is 2.76. The van der Waals surface area contributed by atoms with Crippen LogP contribution in [0.3, 0.4) is 0 Å². The third-order valence-electron chi connectivity index (χ3n) is 2.76. The molecule has 0 atom stereocenters. The number of aromatic nitrogens is 1. The molecule has 0 aliphatic rings. The fourth-order valence-electron chi connectivity index (χ4n) is 1.76. The van der Waals surface area contributed by atoms with Gasteiger partial charge in [-0.15, -0.1) is 0 Å². The van der Waals surface area contributed by atoms with Crippen LogP contribution in [0.25, 0.3) is 10.9 Å². The largest absolute Gasteiger partial charge is 0.326 e. The SMILES string of the molecule is Cc1cc2[nH]c(=O)cc(CN)c2cc1C. The van der Waals surface area contributed by atoms with Gasteiger partial charge in [-0.3, -0.25) is 4.79 Å². The summed E-state index contributed by atoms with van der Waals surface area (Å²) in [6, 6.07) is 5.63. The molecule has 0 bridgehead atoms. The molecule has 1 aromatic carbocycles. The zero-order chi connectivity index (χ0) is 11.0. The molecule has 0 saturated heterocycles. The van der Waals surface area contributed by atoms with Crippen LogP contribution >= 0.6 is 0 Å². The predicted octanol–water partition coefficient (Wildman–Crippen LogP) is 1.60. The van der Waals surface area contributed by atoms with Gasteiger partial charge in [0.25, 0.3) is 0 Å². The van der Waals surface area contributed by atoms with Crippen LogP contribution in [0.4, 0.5) is 0 Å². The monoisotopic (exact) mass is 202 g/mol. The molecule has 3 nitrogen and oxygen atoms in total. The molecule has 0 aliphatic heterocycles. The lowest BCUT2D eigenvalue weighted by Crippen LogP contribution is -2.09. The highest BCUT2D eigenvalue weighted by Crippen LogP contribution is 2.19. The number of aromatic amines is 1. The van der Waals surface area contributed by atoms with Crippen molar-refractivity contribution < 1.29 is 0 Å². The second-order valence-electron chi connectivity index (χ2n) is 3.85. The Morgan fingerprint density at radius 1 is 1.20 bits per heavy atom. The summed E-state index contributed by atoms with van der Waals surface area (Å²) in [5, 5.41) is 1.04. The van der Waals surface area contributed by atoms with E-state index in [0.29, 0.717) is 6.54 Å². The first-order chi connectivity index (χ1) is 7.11. The van der Waals surface area contributed by atoms with Crippen molar-refractivity contribution in [3.05, 3.63) is 45.2 Å². The zero-order valence-corrected chi connectivity index (χ0v) is 8.92. The average Bonchev–Trinajstić information content (AvgIpc) is 2.19. The Bertz CT molecular complexity index is 570. The quantitative estimate of drug-likeness (QED) is 0.738. The summed E-state index contributed by atoms with van der Waals surface area (Å²) in [5.74, 6) is 0. The van der Waals surface area contributed by atoms with E-state index in [1.807, 2.05) is 13.0 Å². The van der Waals surface area contributed by atoms with E-state index in [2.05, 4.69) is 18.0 Å². The molecule has 2 aromatic rings. The number of fused-ring (bicyclic) bond motifs is 1. The Morgan fingerprint density at radius 2 is 1.87 bits per heavy atom. The number of hydrogen-bond acceptors (Lipinski definition) is 2. The number of H-pyrrole nitrogens is 1. The highest BCUT2D eigenvalue weighted by Gasteiger charge is 2.03. The molecule has 15 heavy (non-hydrogen) atoms. The lowest BCUT2D eigenvalue weighted by atomic mass is 10.0. The maximum atomic E-state index is 11.3. The van der Waals surface area contributed by atoms with E-state index in [0.717, 1.165) is 16.5 Å². The summed E-state index contributed by atoms with van der Waals surface area (Å²) < 4.78 is 0. The lowest BCUT2D eigenvalue weighted by molar-refractivity contribution is 1.07. The Balaban J connectivity index is 2.90. The van der Waals surface area contributed by atoms with Crippen LogP contribution in [0.2, 0.25) is 0 Å². The molecule has 0 saturated carbocycles. The van der Waals surface area contributed by atoms with Crippen molar-refractivity contribution in [3.8, 4) is 0 Å². The maximum absolute atomic E-state index is 11.3. The van der Waals surface area contributed by atoms with Gasteiger partial charge < -0.3 is 10.7 Å². The normalized spacial score (nSPS) is 10.9. The Morgan fingerprint density at radius 3 is 2.53 bits per heavy atom. The number of benzene rings is 1. The molecule has 0 spiro atoms. The van der Waals surface area contributed by atoms with Gasteiger partial charge in [-0.25, -0.2) is 0 Å². The smallest absolute Gasteiger partial charge is 0.248 e. The fraction of sp³-hybridized carbons (Fsp3) is 0.250. The van der Waals surface area contributed by atoms with Crippen LogP contribution in [-0.4, -0.2) is 4.98 Å². The van der Waals surface area contributed by atoms with E-state index >= 15 is 0 Å². The summed E-state index contributed by atoms with van der Waals surface area (Å²) in [6.07, 6.45) is 0. The van der Waals surface area contributed by atoms with Crippen molar-refractivity contribution >= 4 is 10.9 Å². The molecule has 3 heteroatoms. The van der Waals surface area contributed by atoms with Crippen molar-refractivity contribution in [2.75, 3.05) is 0 Å². The number of rotatable bonds is 1. The van der Waals surface area contributed by atoms with E-state index in [1.165, 1.54) is 11.1 Å². The van der Waals surface area contributed by atoms with Crippen molar-refractivity contribution in [1.29, 1.82) is 0 Å². The molecule has 0 unspecified atom stereocenters. The molecule has 0 amide bonds. The zero-order valence-electron chi connectivity index (χ0n) is 8.92. The summed E-state index contributed by atoms with van der Waals surface area (Å²) >= 11 is 0. The number of aryl methyl sites for hydroxylation is 2. The highest BCUT2D eigenvalue weighted by atomic mass is 16.1. The Kier molecular flexibility index (Phi) is 2.32. The van der Waals surface area contributed by atoms with Gasteiger partial charge in [0.15, 0.2) is 0 Å². The molecule has 2 rings (SSSR count). The van der Waals surface area contributed by atoms with Crippen LogP contribution in [0.15, 0.2) is 23.0 Å². The van der Waals surface area contributed by atoms with Crippen molar-refractivity contribution in [2.45, 2.75) is 20.4 Å². The fourth-order valence-corrected chi connectivity index (χ4v) is 1.76. The van der Waals surface area contributed by atoms with Crippen molar-refractivity contribution in [3.63, 3.8) is 0 Å². The molecular weight excluding hydrogens is 188 g/mol. The summed E-state index contributed by atoms with van der Waals surface area (Å²) in [4.78, 5) is 14.2. The first kappa shape index (κ1) is 9.93. The van der Waals surface area contributed by atoms with Gasteiger partial charge in [0.2, 0.25) is 5.56 Å². The van der Waals surface area contributed by atoms with Crippen LogP contribution in [0, 0.1) is 13.8 Å². The van der Waals surface area contributed by atoms with E-state index in [4.69, 9.17) is 5.73 Å². The van der Waals surface area contributed by atoms with Crippen molar-refractivity contribution in [1.82, 2.24) is 4.98 Å². The van der Waals surface area contributed by atoms with Gasteiger partial charge in [0.05, 0.1) is 0 Å². The van der Waals surface area contributed by atoms with Gasteiger partial charge in [0, 0.05) is 23.5 Å². The first-order valence-corrected chi connectivity index (χ1v) is 4.95. The predicted molar refractivity (Wildman–Crippen MR) is 61.9 cm³/mol. The minimum Gasteiger partial charge on any atom is -0.326 e. The van der Waals surface area contributed by atoms with Crippen molar-refractivity contribution in [2.24, 2.45) is 5.73 Å².